The van der Waals surface area contributed by atoms with Crippen molar-refractivity contribution in [1.29, 1.82) is 0 Å². The monoisotopic (exact) mass is 233 g/mol. The minimum atomic E-state index is 0.528. The molecule has 0 radical (unpaired) electrons. The Morgan fingerprint density at radius 3 is 2.53 bits per heavy atom. The maximum atomic E-state index is 5.62. The highest BCUT2D eigenvalue weighted by Crippen LogP contribution is 2.22. The summed E-state index contributed by atoms with van der Waals surface area (Å²) in [4.78, 5) is 7.08. The van der Waals surface area contributed by atoms with Gasteiger partial charge in [-0.2, -0.15) is 0 Å². The standard InChI is InChI=1S/C14H23N3/c1-11-6-12(2)9-17(8-11)10-14-5-3-4-13(7-15)16-14/h3-5,11-12H,6-10,15H2,1-2H3. The topological polar surface area (TPSA) is 42.1 Å². The van der Waals surface area contributed by atoms with Crippen LogP contribution in [0.5, 0.6) is 0 Å². The van der Waals surface area contributed by atoms with E-state index in [-0.39, 0.29) is 0 Å². The van der Waals surface area contributed by atoms with Gasteiger partial charge in [0.25, 0.3) is 0 Å². The Balaban J connectivity index is 1.99. The first-order valence-corrected chi connectivity index (χ1v) is 6.54. The molecule has 17 heavy (non-hydrogen) atoms. The van der Waals surface area contributed by atoms with Crippen LogP contribution in [-0.4, -0.2) is 23.0 Å². The largest absolute Gasteiger partial charge is 0.325 e. The Morgan fingerprint density at radius 1 is 1.24 bits per heavy atom. The number of hydrogen-bond donors (Lipinski definition) is 1. The van der Waals surface area contributed by atoms with E-state index in [2.05, 4.69) is 35.9 Å². The molecule has 2 rings (SSSR count). The van der Waals surface area contributed by atoms with E-state index in [0.717, 1.165) is 29.8 Å². The smallest absolute Gasteiger partial charge is 0.0547 e. The quantitative estimate of drug-likeness (QED) is 0.868. The minimum Gasteiger partial charge on any atom is -0.325 e. The van der Waals surface area contributed by atoms with Gasteiger partial charge in [-0.05, 0) is 30.4 Å². The summed E-state index contributed by atoms with van der Waals surface area (Å²) >= 11 is 0. The van der Waals surface area contributed by atoms with E-state index in [1.807, 2.05) is 6.07 Å². The van der Waals surface area contributed by atoms with Crippen LogP contribution in [0.25, 0.3) is 0 Å². The van der Waals surface area contributed by atoms with Gasteiger partial charge >= 0.3 is 0 Å². The molecule has 3 heteroatoms. The van der Waals surface area contributed by atoms with Crippen molar-refractivity contribution in [3.05, 3.63) is 29.6 Å². The molecule has 2 N–H and O–H groups in total. The van der Waals surface area contributed by atoms with Crippen molar-refractivity contribution in [2.45, 2.75) is 33.4 Å². The fraction of sp³-hybridized carbons (Fsp3) is 0.643. The average molecular weight is 233 g/mol. The van der Waals surface area contributed by atoms with Crippen LogP contribution in [-0.2, 0) is 13.1 Å². The van der Waals surface area contributed by atoms with Gasteiger partial charge in [-0.25, -0.2) is 0 Å². The molecule has 0 aliphatic carbocycles. The Morgan fingerprint density at radius 2 is 1.88 bits per heavy atom. The first kappa shape index (κ1) is 12.5. The summed E-state index contributed by atoms with van der Waals surface area (Å²) < 4.78 is 0. The second-order valence-electron chi connectivity index (χ2n) is 5.46. The highest BCUT2D eigenvalue weighted by Gasteiger charge is 2.21. The molecular weight excluding hydrogens is 210 g/mol. The van der Waals surface area contributed by atoms with Crippen molar-refractivity contribution in [3.63, 3.8) is 0 Å². The maximum absolute atomic E-state index is 5.62. The summed E-state index contributed by atoms with van der Waals surface area (Å²) in [7, 11) is 0. The zero-order chi connectivity index (χ0) is 12.3. The van der Waals surface area contributed by atoms with Crippen molar-refractivity contribution in [2.75, 3.05) is 13.1 Å². The number of likely N-dealkylation sites (tertiary alicyclic amines) is 1. The molecule has 0 aromatic carbocycles. The van der Waals surface area contributed by atoms with Crippen LogP contribution < -0.4 is 5.73 Å². The molecule has 2 atom stereocenters. The molecule has 0 saturated carbocycles. The summed E-state index contributed by atoms with van der Waals surface area (Å²) in [5.41, 5.74) is 7.75. The average Bonchev–Trinajstić information content (AvgIpc) is 2.28. The molecule has 1 aliphatic rings. The fourth-order valence-electron chi connectivity index (χ4n) is 2.88. The van der Waals surface area contributed by atoms with E-state index in [9.17, 15) is 0 Å². The highest BCUT2D eigenvalue weighted by atomic mass is 15.1. The summed E-state index contributed by atoms with van der Waals surface area (Å²) in [5.74, 6) is 1.60. The third kappa shape index (κ3) is 3.51. The third-order valence-electron chi connectivity index (χ3n) is 3.40. The first-order valence-electron chi connectivity index (χ1n) is 6.54. The predicted molar refractivity (Wildman–Crippen MR) is 70.4 cm³/mol. The van der Waals surface area contributed by atoms with Crippen molar-refractivity contribution in [3.8, 4) is 0 Å². The minimum absolute atomic E-state index is 0.528. The predicted octanol–water partition coefficient (Wildman–Crippen LogP) is 2.02. The molecule has 0 amide bonds. The van der Waals surface area contributed by atoms with Gasteiger partial charge in [0, 0.05) is 26.2 Å². The fourth-order valence-corrected chi connectivity index (χ4v) is 2.88. The Kier molecular flexibility index (Phi) is 4.13. The Hall–Kier alpha value is -0.930. The van der Waals surface area contributed by atoms with E-state index in [1.165, 1.54) is 19.5 Å². The lowest BCUT2D eigenvalue weighted by molar-refractivity contribution is 0.133. The molecule has 0 spiro atoms. The molecule has 1 aliphatic heterocycles. The van der Waals surface area contributed by atoms with E-state index in [4.69, 9.17) is 5.73 Å². The van der Waals surface area contributed by atoms with Crippen LogP contribution in [0, 0.1) is 11.8 Å². The SMILES string of the molecule is CC1CC(C)CN(Cc2cccc(CN)n2)C1. The van der Waals surface area contributed by atoms with Crippen molar-refractivity contribution in [1.82, 2.24) is 9.88 Å². The van der Waals surface area contributed by atoms with Gasteiger partial charge < -0.3 is 5.73 Å². The van der Waals surface area contributed by atoms with Crippen LogP contribution in [0.3, 0.4) is 0 Å². The van der Waals surface area contributed by atoms with E-state index in [0.29, 0.717) is 6.54 Å². The summed E-state index contributed by atoms with van der Waals surface area (Å²) in [6.45, 7) is 8.56. The van der Waals surface area contributed by atoms with Gasteiger partial charge in [0.05, 0.1) is 11.4 Å². The Labute approximate surface area is 104 Å². The number of aromatic nitrogens is 1. The second kappa shape index (κ2) is 5.61. The first-order chi connectivity index (χ1) is 8.17. The highest BCUT2D eigenvalue weighted by molar-refractivity contribution is 5.11. The lowest BCUT2D eigenvalue weighted by atomic mass is 9.92. The van der Waals surface area contributed by atoms with Crippen LogP contribution in [0.1, 0.15) is 31.7 Å². The number of pyridine rings is 1. The third-order valence-corrected chi connectivity index (χ3v) is 3.40. The molecular formula is C14H23N3. The van der Waals surface area contributed by atoms with E-state index < -0.39 is 0 Å². The lowest BCUT2D eigenvalue weighted by Crippen LogP contribution is -2.38. The molecule has 1 fully saturated rings. The molecule has 3 nitrogen and oxygen atoms in total. The van der Waals surface area contributed by atoms with Crippen LogP contribution in [0.2, 0.25) is 0 Å². The molecule has 1 aromatic heterocycles. The molecule has 1 saturated heterocycles. The zero-order valence-electron chi connectivity index (χ0n) is 10.9. The van der Waals surface area contributed by atoms with Crippen molar-refractivity contribution >= 4 is 0 Å². The molecule has 1 aromatic rings. The number of nitrogens with two attached hydrogens (primary N) is 1. The van der Waals surface area contributed by atoms with Gasteiger partial charge in [-0.1, -0.05) is 19.9 Å². The maximum Gasteiger partial charge on any atom is 0.0547 e. The molecule has 2 unspecified atom stereocenters. The van der Waals surface area contributed by atoms with Crippen LogP contribution in [0.4, 0.5) is 0 Å². The van der Waals surface area contributed by atoms with Gasteiger partial charge in [0.1, 0.15) is 0 Å². The number of piperidine rings is 1. The van der Waals surface area contributed by atoms with Gasteiger partial charge in [-0.15, -0.1) is 0 Å². The van der Waals surface area contributed by atoms with Gasteiger partial charge in [0.2, 0.25) is 0 Å². The summed E-state index contributed by atoms with van der Waals surface area (Å²) in [6.07, 6.45) is 1.35. The summed E-state index contributed by atoms with van der Waals surface area (Å²) in [6, 6.07) is 6.15. The molecule has 94 valence electrons. The van der Waals surface area contributed by atoms with Crippen molar-refractivity contribution in [2.24, 2.45) is 17.6 Å². The number of rotatable bonds is 3. The lowest BCUT2D eigenvalue weighted by Gasteiger charge is -2.34. The number of nitrogens with zero attached hydrogens (tertiary/aromatic N) is 2. The number of hydrogen-bond acceptors (Lipinski definition) is 3. The second-order valence-corrected chi connectivity index (χ2v) is 5.46. The van der Waals surface area contributed by atoms with Crippen molar-refractivity contribution < 1.29 is 0 Å². The molecule has 2 heterocycles. The van der Waals surface area contributed by atoms with Gasteiger partial charge in [-0.3, -0.25) is 9.88 Å². The Bertz CT molecular complexity index is 354. The van der Waals surface area contributed by atoms with Crippen LogP contribution in [0.15, 0.2) is 18.2 Å². The zero-order valence-corrected chi connectivity index (χ0v) is 10.9. The normalized spacial score (nSPS) is 26.1. The van der Waals surface area contributed by atoms with E-state index >= 15 is 0 Å². The van der Waals surface area contributed by atoms with Gasteiger partial charge in [0.15, 0.2) is 0 Å². The summed E-state index contributed by atoms with van der Waals surface area (Å²) in [5, 5.41) is 0. The van der Waals surface area contributed by atoms with Crippen LogP contribution >= 0.6 is 0 Å². The van der Waals surface area contributed by atoms with E-state index in [1.54, 1.807) is 0 Å². The molecule has 0 bridgehead atoms.